The van der Waals surface area contributed by atoms with Gasteiger partial charge in [0.15, 0.2) is 0 Å². The van der Waals surface area contributed by atoms with E-state index >= 15 is 0 Å². The molecule has 0 amide bonds. The van der Waals surface area contributed by atoms with Gasteiger partial charge < -0.3 is 0 Å². The van der Waals surface area contributed by atoms with E-state index in [9.17, 15) is 0 Å². The number of anilines is 1. The van der Waals surface area contributed by atoms with Crippen LogP contribution in [0.5, 0.6) is 0 Å². The second-order valence-corrected chi connectivity index (χ2v) is 4.33. The van der Waals surface area contributed by atoms with Gasteiger partial charge in [0, 0.05) is 5.56 Å². The molecule has 6 heteroatoms. The van der Waals surface area contributed by atoms with Gasteiger partial charge in [0.25, 0.3) is 0 Å². The summed E-state index contributed by atoms with van der Waals surface area (Å²) in [6.07, 6.45) is 0. The summed E-state index contributed by atoms with van der Waals surface area (Å²) >= 11 is 1.44. The van der Waals surface area contributed by atoms with Crippen LogP contribution < -0.4 is 11.3 Å². The van der Waals surface area contributed by atoms with Crippen LogP contribution in [0.2, 0.25) is 0 Å². The molecule has 0 spiro atoms. The minimum absolute atomic E-state index is 0. The molecule has 16 heavy (non-hydrogen) atoms. The predicted molar refractivity (Wildman–Crippen MR) is 69.9 cm³/mol. The first kappa shape index (κ1) is 12.9. The lowest BCUT2D eigenvalue weighted by Crippen LogP contribution is -2.05. The van der Waals surface area contributed by atoms with E-state index in [2.05, 4.69) is 41.6 Å². The maximum Gasteiger partial charge on any atom is 0.220 e. The molecule has 2 aromatic rings. The maximum absolute atomic E-state index is 5.25. The van der Waals surface area contributed by atoms with Crippen LogP contribution in [0.1, 0.15) is 11.1 Å². The Kier molecular flexibility index (Phi) is 4.23. The number of nitrogens with one attached hydrogen (secondary N) is 1. The van der Waals surface area contributed by atoms with Crippen LogP contribution in [-0.2, 0) is 0 Å². The fraction of sp³-hybridized carbons (Fsp3) is 0.200. The van der Waals surface area contributed by atoms with Gasteiger partial charge >= 0.3 is 0 Å². The Labute approximate surface area is 104 Å². The number of halogens is 1. The molecule has 0 bridgehead atoms. The van der Waals surface area contributed by atoms with Crippen LogP contribution >= 0.6 is 23.7 Å². The quantitative estimate of drug-likeness (QED) is 0.640. The number of aryl methyl sites for hydroxylation is 2. The lowest BCUT2D eigenvalue weighted by Gasteiger charge is -2.01. The van der Waals surface area contributed by atoms with Crippen LogP contribution in [0.15, 0.2) is 18.2 Å². The first-order valence-electron chi connectivity index (χ1n) is 4.58. The molecule has 1 aromatic heterocycles. The highest BCUT2D eigenvalue weighted by Crippen LogP contribution is 2.27. The molecular weight excluding hydrogens is 244 g/mol. The summed E-state index contributed by atoms with van der Waals surface area (Å²) in [5.74, 6) is 5.25. The number of rotatable bonds is 2. The monoisotopic (exact) mass is 256 g/mol. The van der Waals surface area contributed by atoms with E-state index < -0.39 is 0 Å². The average Bonchev–Trinajstić information content (AvgIpc) is 2.70. The summed E-state index contributed by atoms with van der Waals surface area (Å²) in [7, 11) is 0. The summed E-state index contributed by atoms with van der Waals surface area (Å²) in [4.78, 5) is 0. The van der Waals surface area contributed by atoms with E-state index in [-0.39, 0.29) is 12.4 Å². The van der Waals surface area contributed by atoms with E-state index in [1.165, 1.54) is 22.5 Å². The largest absolute Gasteiger partial charge is 0.298 e. The highest BCUT2D eigenvalue weighted by atomic mass is 35.5. The third kappa shape index (κ3) is 2.49. The van der Waals surface area contributed by atoms with Crippen LogP contribution in [0.4, 0.5) is 5.13 Å². The van der Waals surface area contributed by atoms with Gasteiger partial charge in [-0.1, -0.05) is 23.5 Å². The molecule has 0 saturated carbocycles. The SMILES string of the molecule is Cc1ccc(-c2nnc(NN)s2)cc1C.Cl. The van der Waals surface area contributed by atoms with E-state index in [1.54, 1.807) is 0 Å². The summed E-state index contributed by atoms with van der Waals surface area (Å²) in [6.45, 7) is 4.17. The van der Waals surface area contributed by atoms with E-state index in [0.29, 0.717) is 5.13 Å². The Morgan fingerprint density at radius 2 is 1.94 bits per heavy atom. The zero-order valence-corrected chi connectivity index (χ0v) is 10.7. The minimum atomic E-state index is 0. The van der Waals surface area contributed by atoms with Gasteiger partial charge in [-0.25, -0.2) is 5.84 Å². The first-order chi connectivity index (χ1) is 7.20. The van der Waals surface area contributed by atoms with Gasteiger partial charge in [-0.15, -0.1) is 22.6 Å². The van der Waals surface area contributed by atoms with Crippen LogP contribution in [0, 0.1) is 13.8 Å². The van der Waals surface area contributed by atoms with Crippen molar-refractivity contribution in [1.82, 2.24) is 10.2 Å². The second kappa shape index (κ2) is 5.25. The Bertz CT molecular complexity index is 483. The first-order valence-corrected chi connectivity index (χ1v) is 5.40. The van der Waals surface area contributed by atoms with Crippen molar-refractivity contribution in [1.29, 1.82) is 0 Å². The van der Waals surface area contributed by atoms with Gasteiger partial charge in [-0.2, -0.15) is 0 Å². The zero-order valence-electron chi connectivity index (χ0n) is 9.02. The molecule has 3 N–H and O–H groups in total. The molecule has 0 aliphatic rings. The van der Waals surface area contributed by atoms with Crippen molar-refractivity contribution in [3.8, 4) is 10.6 Å². The van der Waals surface area contributed by atoms with Gasteiger partial charge in [0.1, 0.15) is 5.01 Å². The number of nitrogens with zero attached hydrogens (tertiary/aromatic N) is 2. The number of hydrogen-bond donors (Lipinski definition) is 2. The maximum atomic E-state index is 5.25. The van der Waals surface area contributed by atoms with Gasteiger partial charge in [-0.3, -0.25) is 5.43 Å². The molecular formula is C10H13ClN4S. The van der Waals surface area contributed by atoms with Crippen LogP contribution in [-0.4, -0.2) is 10.2 Å². The van der Waals surface area contributed by atoms with Crippen molar-refractivity contribution in [3.63, 3.8) is 0 Å². The van der Waals surface area contributed by atoms with Gasteiger partial charge in [0.05, 0.1) is 0 Å². The minimum Gasteiger partial charge on any atom is -0.298 e. The smallest absolute Gasteiger partial charge is 0.220 e. The fourth-order valence-corrected chi connectivity index (χ4v) is 1.92. The number of nitrogen functional groups attached to an aromatic ring is 1. The Hall–Kier alpha value is -1.17. The topological polar surface area (TPSA) is 63.8 Å². The molecule has 0 saturated heterocycles. The molecule has 2 rings (SSSR count). The van der Waals surface area contributed by atoms with E-state index in [0.717, 1.165) is 10.6 Å². The van der Waals surface area contributed by atoms with Crippen molar-refractivity contribution in [2.24, 2.45) is 5.84 Å². The van der Waals surface area contributed by atoms with Crippen LogP contribution in [0.25, 0.3) is 10.6 Å². The molecule has 0 atom stereocenters. The van der Waals surface area contributed by atoms with E-state index in [1.807, 2.05) is 6.07 Å². The van der Waals surface area contributed by atoms with Crippen molar-refractivity contribution in [3.05, 3.63) is 29.3 Å². The van der Waals surface area contributed by atoms with Crippen LogP contribution in [0.3, 0.4) is 0 Å². The Morgan fingerprint density at radius 3 is 2.50 bits per heavy atom. The molecule has 1 aromatic carbocycles. The number of hydrazine groups is 1. The van der Waals surface area contributed by atoms with Crippen molar-refractivity contribution >= 4 is 28.9 Å². The van der Waals surface area contributed by atoms with Crippen molar-refractivity contribution in [2.75, 3.05) is 5.43 Å². The molecule has 0 fully saturated rings. The van der Waals surface area contributed by atoms with Crippen molar-refractivity contribution < 1.29 is 0 Å². The lowest BCUT2D eigenvalue weighted by molar-refractivity contribution is 1.08. The fourth-order valence-electron chi connectivity index (χ4n) is 1.27. The molecule has 0 aliphatic carbocycles. The number of nitrogens with two attached hydrogens (primary N) is 1. The second-order valence-electron chi connectivity index (χ2n) is 3.36. The third-order valence-corrected chi connectivity index (χ3v) is 3.21. The number of aromatic nitrogens is 2. The highest BCUT2D eigenvalue weighted by Gasteiger charge is 2.06. The highest BCUT2D eigenvalue weighted by molar-refractivity contribution is 7.18. The molecule has 86 valence electrons. The number of benzene rings is 1. The Balaban J connectivity index is 0.00000128. The molecule has 1 heterocycles. The molecule has 4 nitrogen and oxygen atoms in total. The summed E-state index contributed by atoms with van der Waals surface area (Å²) in [5.41, 5.74) is 6.10. The Morgan fingerprint density at radius 1 is 1.19 bits per heavy atom. The van der Waals surface area contributed by atoms with E-state index in [4.69, 9.17) is 5.84 Å². The standard InChI is InChI=1S/C10H12N4S.ClH/c1-6-3-4-8(5-7(6)2)9-13-14-10(12-11)15-9;/h3-5H,11H2,1-2H3,(H,12,14);1H. The normalized spacial score (nSPS) is 9.69. The summed E-state index contributed by atoms with van der Waals surface area (Å²) in [6, 6.07) is 6.24. The molecule has 0 aliphatic heterocycles. The number of hydrogen-bond acceptors (Lipinski definition) is 5. The average molecular weight is 257 g/mol. The molecule has 0 radical (unpaired) electrons. The van der Waals surface area contributed by atoms with Crippen molar-refractivity contribution in [2.45, 2.75) is 13.8 Å². The summed E-state index contributed by atoms with van der Waals surface area (Å²) in [5, 5.41) is 9.46. The summed E-state index contributed by atoms with van der Waals surface area (Å²) < 4.78 is 0. The third-order valence-electron chi connectivity index (χ3n) is 2.30. The lowest BCUT2D eigenvalue weighted by atomic mass is 10.1. The van der Waals surface area contributed by atoms with Gasteiger partial charge in [-0.05, 0) is 31.0 Å². The zero-order chi connectivity index (χ0) is 10.8. The predicted octanol–water partition coefficient (Wildman–Crippen LogP) is 2.53. The van der Waals surface area contributed by atoms with Gasteiger partial charge in [0.2, 0.25) is 5.13 Å². The molecule has 0 unspecified atom stereocenters.